The van der Waals surface area contributed by atoms with Crippen LogP contribution in [0, 0.1) is 6.92 Å². The number of nitrogens with one attached hydrogen (secondary N) is 1. The number of H-pyrrole nitrogens is 1. The summed E-state index contributed by atoms with van der Waals surface area (Å²) in [5.41, 5.74) is 2.20. The fraction of sp³-hybridized carbons (Fsp3) is 0.222. The molecule has 0 saturated heterocycles. The van der Waals surface area contributed by atoms with Crippen molar-refractivity contribution in [3.05, 3.63) is 40.2 Å². The lowest BCUT2D eigenvalue weighted by Crippen LogP contribution is -1.91. The molecule has 2 aromatic rings. The maximum atomic E-state index is 5.91. The molecule has 1 N–H and O–H groups in total. The molecule has 0 saturated carbocycles. The van der Waals surface area contributed by atoms with Crippen LogP contribution in [0.5, 0.6) is 0 Å². The molecule has 0 bridgehead atoms. The minimum absolute atomic E-state index is 0.675. The molecule has 0 spiro atoms. The van der Waals surface area contributed by atoms with Gasteiger partial charge in [0, 0.05) is 11.4 Å². The Balaban J connectivity index is 2.22. The Kier molecular flexibility index (Phi) is 2.45. The van der Waals surface area contributed by atoms with E-state index in [4.69, 9.17) is 11.6 Å². The number of halogens is 1. The maximum absolute atomic E-state index is 5.91. The highest BCUT2D eigenvalue weighted by Crippen LogP contribution is 2.17. The van der Waals surface area contributed by atoms with Crippen molar-refractivity contribution >= 4 is 11.6 Å². The maximum Gasteiger partial charge on any atom is 0.178 e. The Bertz CT molecular complexity index is 424. The molecule has 4 nitrogen and oxygen atoms in total. The van der Waals surface area contributed by atoms with Gasteiger partial charge in [-0.25, -0.2) is 0 Å². The third-order valence-electron chi connectivity index (χ3n) is 1.97. The minimum Gasteiger partial charge on any atom is -0.177 e. The second-order valence-electron chi connectivity index (χ2n) is 3.09. The normalized spacial score (nSPS) is 10.4. The molecule has 2 rings (SSSR count). The summed E-state index contributed by atoms with van der Waals surface area (Å²) in [6.07, 6.45) is 0.675. The molecule has 0 radical (unpaired) electrons. The molecule has 0 aliphatic rings. The van der Waals surface area contributed by atoms with Gasteiger partial charge in [-0.15, -0.1) is 10.2 Å². The second-order valence-corrected chi connectivity index (χ2v) is 3.50. The van der Waals surface area contributed by atoms with Crippen LogP contribution in [0.2, 0.25) is 5.02 Å². The van der Waals surface area contributed by atoms with Gasteiger partial charge in [-0.1, -0.05) is 28.9 Å². The number of tetrazole rings is 1. The van der Waals surface area contributed by atoms with E-state index in [-0.39, 0.29) is 0 Å². The summed E-state index contributed by atoms with van der Waals surface area (Å²) in [6, 6.07) is 5.87. The van der Waals surface area contributed by atoms with Gasteiger partial charge in [0.15, 0.2) is 5.82 Å². The largest absolute Gasteiger partial charge is 0.178 e. The van der Waals surface area contributed by atoms with Crippen molar-refractivity contribution in [2.75, 3.05) is 0 Å². The fourth-order valence-corrected chi connectivity index (χ4v) is 1.37. The number of hydrogen-bond donors (Lipinski definition) is 1. The average molecular weight is 209 g/mol. The fourth-order valence-electron chi connectivity index (χ4n) is 1.26. The lowest BCUT2D eigenvalue weighted by atomic mass is 10.1. The van der Waals surface area contributed by atoms with E-state index < -0.39 is 0 Å². The minimum atomic E-state index is 0.675. The van der Waals surface area contributed by atoms with Gasteiger partial charge < -0.3 is 0 Å². The summed E-state index contributed by atoms with van der Waals surface area (Å²) in [6.45, 7) is 1.97. The molecular formula is C9H9ClN4. The van der Waals surface area contributed by atoms with Crippen molar-refractivity contribution in [2.45, 2.75) is 13.3 Å². The van der Waals surface area contributed by atoms with Gasteiger partial charge in [0.25, 0.3) is 0 Å². The summed E-state index contributed by atoms with van der Waals surface area (Å²) >= 11 is 5.91. The lowest BCUT2D eigenvalue weighted by molar-refractivity contribution is 0.881. The zero-order valence-electron chi connectivity index (χ0n) is 7.66. The Morgan fingerprint density at radius 3 is 2.93 bits per heavy atom. The average Bonchev–Trinajstić information content (AvgIpc) is 2.64. The van der Waals surface area contributed by atoms with E-state index in [2.05, 4.69) is 20.6 Å². The molecule has 72 valence electrons. The zero-order valence-corrected chi connectivity index (χ0v) is 8.41. The summed E-state index contributed by atoms with van der Waals surface area (Å²) < 4.78 is 0. The molecule has 0 unspecified atom stereocenters. The highest BCUT2D eigenvalue weighted by Gasteiger charge is 2.02. The van der Waals surface area contributed by atoms with Crippen molar-refractivity contribution < 1.29 is 0 Å². The predicted octanol–water partition coefficient (Wildman–Crippen LogP) is 1.75. The third-order valence-corrected chi connectivity index (χ3v) is 2.40. The van der Waals surface area contributed by atoms with Gasteiger partial charge in [0.05, 0.1) is 0 Å². The molecule has 5 heteroatoms. The van der Waals surface area contributed by atoms with Crippen LogP contribution in [0.25, 0.3) is 0 Å². The molecule has 1 heterocycles. The van der Waals surface area contributed by atoms with Gasteiger partial charge in [0.2, 0.25) is 0 Å². The molecule has 0 aliphatic heterocycles. The third kappa shape index (κ3) is 1.90. The molecule has 1 aromatic carbocycles. The van der Waals surface area contributed by atoms with Crippen molar-refractivity contribution in [1.29, 1.82) is 0 Å². The topological polar surface area (TPSA) is 54.5 Å². The summed E-state index contributed by atoms with van der Waals surface area (Å²) in [7, 11) is 0. The Morgan fingerprint density at radius 1 is 1.43 bits per heavy atom. The van der Waals surface area contributed by atoms with Crippen LogP contribution in [0.3, 0.4) is 0 Å². The Hall–Kier alpha value is -1.42. The van der Waals surface area contributed by atoms with E-state index in [1.54, 1.807) is 0 Å². The molecule has 14 heavy (non-hydrogen) atoms. The van der Waals surface area contributed by atoms with Crippen LogP contribution in [-0.4, -0.2) is 20.6 Å². The first-order valence-electron chi connectivity index (χ1n) is 4.23. The van der Waals surface area contributed by atoms with E-state index in [1.807, 2.05) is 25.1 Å². The van der Waals surface area contributed by atoms with Gasteiger partial charge in [-0.05, 0) is 24.1 Å². The lowest BCUT2D eigenvalue weighted by Gasteiger charge is -2.00. The molecule has 0 atom stereocenters. The number of benzene rings is 1. The standard InChI is InChI=1S/C9H9ClN4/c1-6-4-7(2-3-8(6)10)5-9-11-13-14-12-9/h2-4H,5H2,1H3,(H,11,12,13,14). The SMILES string of the molecule is Cc1cc(Cc2nn[nH]n2)ccc1Cl. The molecule has 0 amide bonds. The number of aromatic amines is 1. The molecule has 1 aromatic heterocycles. The van der Waals surface area contributed by atoms with Gasteiger partial charge >= 0.3 is 0 Å². The first kappa shape index (κ1) is 9.15. The summed E-state index contributed by atoms with van der Waals surface area (Å²) in [4.78, 5) is 0. The first-order chi connectivity index (χ1) is 6.75. The summed E-state index contributed by atoms with van der Waals surface area (Å²) in [5, 5.41) is 14.5. The number of hydrogen-bond acceptors (Lipinski definition) is 3. The molecule has 0 fully saturated rings. The van der Waals surface area contributed by atoms with E-state index >= 15 is 0 Å². The van der Waals surface area contributed by atoms with E-state index in [9.17, 15) is 0 Å². The van der Waals surface area contributed by atoms with Crippen LogP contribution in [-0.2, 0) is 6.42 Å². The van der Waals surface area contributed by atoms with E-state index in [0.29, 0.717) is 12.2 Å². The summed E-state index contributed by atoms with van der Waals surface area (Å²) in [5.74, 6) is 0.687. The first-order valence-corrected chi connectivity index (χ1v) is 4.61. The van der Waals surface area contributed by atoms with Crippen LogP contribution in [0.4, 0.5) is 0 Å². The van der Waals surface area contributed by atoms with E-state index in [0.717, 1.165) is 16.1 Å². The van der Waals surface area contributed by atoms with Gasteiger partial charge in [-0.2, -0.15) is 5.21 Å². The predicted molar refractivity (Wildman–Crippen MR) is 53.2 cm³/mol. The highest BCUT2D eigenvalue weighted by atomic mass is 35.5. The van der Waals surface area contributed by atoms with Crippen LogP contribution >= 0.6 is 11.6 Å². The van der Waals surface area contributed by atoms with Crippen LogP contribution < -0.4 is 0 Å². The van der Waals surface area contributed by atoms with Crippen molar-refractivity contribution in [3.63, 3.8) is 0 Å². The Labute approximate surface area is 86.3 Å². The second kappa shape index (κ2) is 3.75. The van der Waals surface area contributed by atoms with Crippen LogP contribution in [0.1, 0.15) is 17.0 Å². The van der Waals surface area contributed by atoms with Crippen molar-refractivity contribution in [2.24, 2.45) is 0 Å². The number of rotatable bonds is 2. The highest BCUT2D eigenvalue weighted by molar-refractivity contribution is 6.31. The monoisotopic (exact) mass is 208 g/mol. The smallest absolute Gasteiger partial charge is 0.177 e. The number of aromatic nitrogens is 4. The Morgan fingerprint density at radius 2 is 2.29 bits per heavy atom. The molecular weight excluding hydrogens is 200 g/mol. The quantitative estimate of drug-likeness (QED) is 0.818. The number of aryl methyl sites for hydroxylation is 1. The number of nitrogens with zero attached hydrogens (tertiary/aromatic N) is 3. The van der Waals surface area contributed by atoms with Crippen LogP contribution in [0.15, 0.2) is 18.2 Å². The van der Waals surface area contributed by atoms with Crippen molar-refractivity contribution in [1.82, 2.24) is 20.6 Å². The zero-order chi connectivity index (χ0) is 9.97. The van der Waals surface area contributed by atoms with Gasteiger partial charge in [0.1, 0.15) is 0 Å². The molecule has 0 aliphatic carbocycles. The van der Waals surface area contributed by atoms with Crippen molar-refractivity contribution in [3.8, 4) is 0 Å². The van der Waals surface area contributed by atoms with Gasteiger partial charge in [-0.3, -0.25) is 0 Å². The van der Waals surface area contributed by atoms with E-state index in [1.165, 1.54) is 0 Å².